The fraction of sp³-hybridized carbons (Fsp3) is 0.167. The van der Waals surface area contributed by atoms with Crippen molar-refractivity contribution in [2.75, 3.05) is 7.11 Å². The van der Waals surface area contributed by atoms with Gasteiger partial charge < -0.3 is 19.9 Å². The summed E-state index contributed by atoms with van der Waals surface area (Å²) in [4.78, 5) is 23.1. The quantitative estimate of drug-likeness (QED) is 0.512. The number of alkyl carbamates (subject to hydrolysis) is 1. The molecule has 0 saturated heterocycles. The zero-order valence-electron chi connectivity index (χ0n) is 16.9. The van der Waals surface area contributed by atoms with Gasteiger partial charge in [-0.1, -0.05) is 54.1 Å². The van der Waals surface area contributed by atoms with Crippen molar-refractivity contribution in [1.29, 1.82) is 0 Å². The third kappa shape index (κ3) is 6.49. The number of nitrogens with one attached hydrogen (secondary N) is 1. The van der Waals surface area contributed by atoms with E-state index in [0.717, 1.165) is 22.3 Å². The van der Waals surface area contributed by atoms with Gasteiger partial charge in [0.2, 0.25) is 0 Å². The molecule has 7 heteroatoms. The maximum Gasteiger partial charge on any atom is 0.407 e. The Morgan fingerprint density at radius 2 is 1.71 bits per heavy atom. The lowest BCUT2D eigenvalue weighted by atomic mass is 9.99. The average molecular weight is 440 g/mol. The predicted molar refractivity (Wildman–Crippen MR) is 118 cm³/mol. The molecular weight excluding hydrogens is 418 g/mol. The monoisotopic (exact) mass is 439 g/mol. The van der Waals surface area contributed by atoms with Crippen LogP contribution in [0.3, 0.4) is 0 Å². The second-order valence-corrected chi connectivity index (χ2v) is 7.29. The average Bonchev–Trinajstić information content (AvgIpc) is 2.77. The smallest absolute Gasteiger partial charge is 0.407 e. The highest BCUT2D eigenvalue weighted by Gasteiger charge is 2.10. The van der Waals surface area contributed by atoms with Crippen LogP contribution in [-0.4, -0.2) is 24.3 Å². The number of halogens is 1. The number of carboxylic acids is 1. The first kappa shape index (κ1) is 22.2. The molecule has 3 aromatic rings. The van der Waals surface area contributed by atoms with Gasteiger partial charge in [0.05, 0.1) is 13.5 Å². The summed E-state index contributed by atoms with van der Waals surface area (Å²) < 4.78 is 10.6. The topological polar surface area (TPSA) is 84.9 Å². The number of ether oxygens (including phenoxy) is 2. The van der Waals surface area contributed by atoms with E-state index < -0.39 is 12.1 Å². The molecule has 0 fully saturated rings. The second kappa shape index (κ2) is 10.5. The number of hydrogen-bond donors (Lipinski definition) is 2. The van der Waals surface area contributed by atoms with Crippen LogP contribution < -0.4 is 10.1 Å². The van der Waals surface area contributed by atoms with E-state index in [2.05, 4.69) is 5.32 Å². The molecule has 0 spiro atoms. The molecule has 2 N–H and O–H groups in total. The maximum atomic E-state index is 12.1. The molecule has 0 heterocycles. The van der Waals surface area contributed by atoms with Crippen LogP contribution in [0.25, 0.3) is 11.1 Å². The first-order valence-electron chi connectivity index (χ1n) is 9.57. The number of benzene rings is 3. The number of amides is 1. The largest absolute Gasteiger partial charge is 0.496 e. The van der Waals surface area contributed by atoms with E-state index in [1.54, 1.807) is 37.4 Å². The minimum atomic E-state index is -0.881. The van der Waals surface area contributed by atoms with Crippen molar-refractivity contribution in [3.63, 3.8) is 0 Å². The summed E-state index contributed by atoms with van der Waals surface area (Å²) in [6.45, 7) is 0.349. The standard InChI is InChI=1S/C24H22ClNO5/c1-30-22-10-7-19(18-4-2-3-17(11-18)12-23(27)28)13-20(22)14-26-24(29)31-15-16-5-8-21(25)9-6-16/h2-11,13H,12,14-15H2,1H3,(H,26,29)(H,27,28). The number of carbonyl (C=O) groups excluding carboxylic acids is 1. The molecule has 0 saturated carbocycles. The molecule has 31 heavy (non-hydrogen) atoms. The zero-order valence-corrected chi connectivity index (χ0v) is 17.7. The molecule has 0 aliphatic heterocycles. The first-order valence-corrected chi connectivity index (χ1v) is 9.95. The fourth-order valence-corrected chi connectivity index (χ4v) is 3.21. The molecule has 0 bridgehead atoms. The van der Waals surface area contributed by atoms with Crippen molar-refractivity contribution < 1.29 is 24.2 Å². The van der Waals surface area contributed by atoms with Gasteiger partial charge in [0.1, 0.15) is 12.4 Å². The van der Waals surface area contributed by atoms with Crippen LogP contribution in [0.4, 0.5) is 4.79 Å². The summed E-state index contributed by atoms with van der Waals surface area (Å²) in [5, 5.41) is 12.4. The SMILES string of the molecule is COc1ccc(-c2cccc(CC(=O)O)c2)cc1CNC(=O)OCc1ccc(Cl)cc1. The van der Waals surface area contributed by atoms with E-state index in [-0.39, 0.29) is 19.6 Å². The Kier molecular flexibility index (Phi) is 7.51. The Morgan fingerprint density at radius 1 is 0.968 bits per heavy atom. The molecule has 0 aromatic heterocycles. The van der Waals surface area contributed by atoms with Gasteiger partial charge in [0.25, 0.3) is 0 Å². The van der Waals surface area contributed by atoms with Crippen LogP contribution in [0.5, 0.6) is 5.75 Å². The molecule has 0 radical (unpaired) electrons. The van der Waals surface area contributed by atoms with Crippen molar-refractivity contribution in [2.24, 2.45) is 0 Å². The van der Waals surface area contributed by atoms with Crippen molar-refractivity contribution in [2.45, 2.75) is 19.6 Å². The third-order valence-electron chi connectivity index (χ3n) is 4.60. The van der Waals surface area contributed by atoms with Gasteiger partial charge >= 0.3 is 12.1 Å². The Bertz CT molecular complexity index is 1070. The summed E-state index contributed by atoms with van der Waals surface area (Å²) in [5.41, 5.74) is 4.09. The van der Waals surface area contributed by atoms with E-state index in [1.807, 2.05) is 36.4 Å². The second-order valence-electron chi connectivity index (χ2n) is 6.85. The van der Waals surface area contributed by atoms with Gasteiger partial charge in [-0.3, -0.25) is 4.79 Å². The lowest BCUT2D eigenvalue weighted by Gasteiger charge is -2.13. The van der Waals surface area contributed by atoms with Gasteiger partial charge in [-0.2, -0.15) is 0 Å². The van der Waals surface area contributed by atoms with Crippen molar-refractivity contribution in [1.82, 2.24) is 5.32 Å². The van der Waals surface area contributed by atoms with Gasteiger partial charge in [0.15, 0.2) is 0 Å². The Labute approximate surface area is 185 Å². The molecule has 160 valence electrons. The van der Waals surface area contributed by atoms with E-state index in [9.17, 15) is 9.59 Å². The van der Waals surface area contributed by atoms with Crippen LogP contribution in [0.2, 0.25) is 5.02 Å². The molecule has 0 aliphatic rings. The molecule has 3 rings (SSSR count). The van der Waals surface area contributed by atoms with Crippen LogP contribution in [0, 0.1) is 0 Å². The molecular formula is C24H22ClNO5. The number of carboxylic acid groups (broad SMARTS) is 1. The number of rotatable bonds is 8. The summed E-state index contributed by atoms with van der Waals surface area (Å²) in [6.07, 6.45) is -0.594. The number of methoxy groups -OCH3 is 1. The number of aliphatic carboxylic acids is 1. The van der Waals surface area contributed by atoms with E-state index >= 15 is 0 Å². The molecule has 6 nitrogen and oxygen atoms in total. The normalized spacial score (nSPS) is 10.4. The van der Waals surface area contributed by atoms with Gasteiger partial charge in [-0.15, -0.1) is 0 Å². The van der Waals surface area contributed by atoms with Crippen LogP contribution >= 0.6 is 11.6 Å². The van der Waals surface area contributed by atoms with Crippen molar-refractivity contribution in [3.8, 4) is 16.9 Å². The zero-order chi connectivity index (χ0) is 22.2. The fourth-order valence-electron chi connectivity index (χ4n) is 3.08. The van der Waals surface area contributed by atoms with Crippen molar-refractivity contribution >= 4 is 23.7 Å². The molecule has 0 unspecified atom stereocenters. The Morgan fingerprint density at radius 3 is 2.42 bits per heavy atom. The van der Waals surface area contributed by atoms with E-state index in [4.69, 9.17) is 26.2 Å². The Balaban J connectivity index is 1.67. The first-order chi connectivity index (χ1) is 14.9. The molecule has 3 aromatic carbocycles. The highest BCUT2D eigenvalue weighted by Crippen LogP contribution is 2.27. The van der Waals surface area contributed by atoms with Gasteiger partial charge in [-0.05, 0) is 46.5 Å². The molecule has 0 aliphatic carbocycles. The Hall–Kier alpha value is -3.51. The minimum Gasteiger partial charge on any atom is -0.496 e. The summed E-state index contributed by atoms with van der Waals surface area (Å²) in [5.74, 6) is -0.252. The predicted octanol–water partition coefficient (Wildman–Crippen LogP) is 5.07. The number of hydrogen-bond acceptors (Lipinski definition) is 4. The summed E-state index contributed by atoms with van der Waals surface area (Å²) in [7, 11) is 1.56. The van der Waals surface area contributed by atoms with E-state index in [1.165, 1.54) is 0 Å². The van der Waals surface area contributed by atoms with Gasteiger partial charge in [-0.25, -0.2) is 4.79 Å². The van der Waals surface area contributed by atoms with Crippen LogP contribution in [0.15, 0.2) is 66.7 Å². The lowest BCUT2D eigenvalue weighted by Crippen LogP contribution is -2.23. The van der Waals surface area contributed by atoms with Gasteiger partial charge in [0, 0.05) is 17.1 Å². The highest BCUT2D eigenvalue weighted by molar-refractivity contribution is 6.30. The van der Waals surface area contributed by atoms with Crippen LogP contribution in [0.1, 0.15) is 16.7 Å². The van der Waals surface area contributed by atoms with Crippen LogP contribution in [-0.2, 0) is 29.1 Å². The summed E-state index contributed by atoms with van der Waals surface area (Å²) in [6, 6.07) is 20.0. The highest BCUT2D eigenvalue weighted by atomic mass is 35.5. The number of carbonyl (C=O) groups is 2. The van der Waals surface area contributed by atoms with E-state index in [0.29, 0.717) is 16.3 Å². The minimum absolute atomic E-state index is 0.0438. The van der Waals surface area contributed by atoms with Crippen molar-refractivity contribution in [3.05, 3.63) is 88.4 Å². The molecule has 0 atom stereocenters. The third-order valence-corrected chi connectivity index (χ3v) is 4.85. The maximum absolute atomic E-state index is 12.1. The lowest BCUT2D eigenvalue weighted by molar-refractivity contribution is -0.136. The summed E-state index contributed by atoms with van der Waals surface area (Å²) >= 11 is 5.85. The molecule has 1 amide bonds.